The van der Waals surface area contributed by atoms with Crippen molar-refractivity contribution in [1.29, 1.82) is 0 Å². The summed E-state index contributed by atoms with van der Waals surface area (Å²) in [4.78, 5) is 26.8. The molecule has 2 saturated carbocycles. The van der Waals surface area contributed by atoms with E-state index in [4.69, 9.17) is 21.1 Å². The van der Waals surface area contributed by atoms with Crippen molar-refractivity contribution >= 4 is 34.4 Å². The Balaban J connectivity index is 1.49. The highest BCUT2D eigenvalue weighted by Crippen LogP contribution is 2.66. The molecule has 2 aromatic carbocycles. The fraction of sp³-hybridized carbons (Fsp3) is 0.448. The highest BCUT2D eigenvalue weighted by molar-refractivity contribution is 6.30. The Hall–Kier alpha value is -2.79. The zero-order chi connectivity index (χ0) is 25.1. The summed E-state index contributed by atoms with van der Waals surface area (Å²) in [5.41, 5.74) is 2.95. The lowest BCUT2D eigenvalue weighted by molar-refractivity contribution is -0.156. The van der Waals surface area contributed by atoms with Gasteiger partial charge in [0, 0.05) is 27.1 Å². The predicted octanol–water partition coefficient (Wildman–Crippen LogP) is 6.60. The second kappa shape index (κ2) is 8.41. The van der Waals surface area contributed by atoms with Gasteiger partial charge in [-0.15, -0.1) is 0 Å². The van der Waals surface area contributed by atoms with Crippen LogP contribution in [0.25, 0.3) is 10.9 Å². The minimum absolute atomic E-state index is 0.00411. The number of methoxy groups -OCH3 is 1. The number of hydrogen-bond donors (Lipinski definition) is 0. The summed E-state index contributed by atoms with van der Waals surface area (Å²) < 4.78 is 13.2. The maximum atomic E-state index is 13.5. The van der Waals surface area contributed by atoms with Crippen LogP contribution in [0.2, 0.25) is 5.02 Å². The van der Waals surface area contributed by atoms with Gasteiger partial charge in [0.15, 0.2) is 0 Å². The minimum atomic E-state index is -0.247. The molecule has 2 aliphatic carbocycles. The number of hydrogen-bond acceptors (Lipinski definition) is 4. The van der Waals surface area contributed by atoms with Crippen LogP contribution < -0.4 is 4.74 Å². The number of carbonyl (C=O) groups is 2. The van der Waals surface area contributed by atoms with Gasteiger partial charge in [0.2, 0.25) is 0 Å². The molecule has 0 amide bonds. The van der Waals surface area contributed by atoms with Crippen LogP contribution >= 0.6 is 11.6 Å². The van der Waals surface area contributed by atoms with Gasteiger partial charge in [-0.3, -0.25) is 14.2 Å². The molecule has 1 heterocycles. The maximum absolute atomic E-state index is 13.5. The molecule has 0 spiro atoms. The van der Waals surface area contributed by atoms with Crippen LogP contribution in [0.4, 0.5) is 0 Å². The van der Waals surface area contributed by atoms with Gasteiger partial charge in [-0.25, -0.2) is 0 Å². The molecule has 5 nitrogen and oxygen atoms in total. The monoisotopic (exact) mass is 493 g/mol. The fourth-order valence-corrected chi connectivity index (χ4v) is 6.57. The van der Waals surface area contributed by atoms with E-state index >= 15 is 0 Å². The van der Waals surface area contributed by atoms with E-state index in [9.17, 15) is 9.59 Å². The summed E-state index contributed by atoms with van der Waals surface area (Å²) in [6, 6.07) is 12.4. The van der Waals surface area contributed by atoms with E-state index in [2.05, 4.69) is 20.8 Å². The SMILES string of the molecule is COc1ccc2c(c1)c(CC(=O)OC1CC3CCC1(C)C3(C)C)c(C)n2C(=O)c1ccc(Cl)cc1. The molecule has 0 saturated heterocycles. The van der Waals surface area contributed by atoms with Crippen molar-refractivity contribution in [2.24, 2.45) is 16.7 Å². The number of esters is 1. The van der Waals surface area contributed by atoms with Gasteiger partial charge in [-0.05, 0) is 85.5 Å². The third-order valence-electron chi connectivity index (χ3n) is 9.14. The van der Waals surface area contributed by atoms with Gasteiger partial charge < -0.3 is 9.47 Å². The number of nitrogens with zero attached hydrogens (tertiary/aromatic N) is 1. The van der Waals surface area contributed by atoms with Gasteiger partial charge in [-0.2, -0.15) is 0 Å². The molecule has 0 aliphatic heterocycles. The number of ether oxygens (including phenoxy) is 2. The van der Waals surface area contributed by atoms with Gasteiger partial charge in [-0.1, -0.05) is 32.4 Å². The standard InChI is InChI=1S/C29H32ClNO4/c1-17-22(16-26(32)35-25-14-19-12-13-29(25,4)28(19,2)3)23-15-21(34-5)10-11-24(23)31(17)27(33)18-6-8-20(30)9-7-18/h6-11,15,19,25H,12-14,16H2,1-5H3. The first kappa shape index (κ1) is 23.9. The highest BCUT2D eigenvalue weighted by atomic mass is 35.5. The van der Waals surface area contributed by atoms with E-state index in [1.54, 1.807) is 35.9 Å². The molecule has 3 aromatic rings. The van der Waals surface area contributed by atoms with Crippen LogP contribution in [-0.4, -0.2) is 29.7 Å². The average molecular weight is 494 g/mol. The molecule has 1 aromatic heterocycles. The largest absolute Gasteiger partial charge is 0.497 e. The van der Waals surface area contributed by atoms with Crippen molar-refractivity contribution in [2.75, 3.05) is 7.11 Å². The van der Waals surface area contributed by atoms with Crippen LogP contribution in [0.1, 0.15) is 61.6 Å². The van der Waals surface area contributed by atoms with Crippen LogP contribution in [0.15, 0.2) is 42.5 Å². The number of aromatic nitrogens is 1. The molecule has 2 fully saturated rings. The van der Waals surface area contributed by atoms with Crippen LogP contribution in [0, 0.1) is 23.7 Å². The molecular weight excluding hydrogens is 462 g/mol. The topological polar surface area (TPSA) is 57.5 Å². The number of fused-ring (bicyclic) bond motifs is 3. The first-order chi connectivity index (χ1) is 16.6. The van der Waals surface area contributed by atoms with E-state index in [0.29, 0.717) is 22.3 Å². The lowest BCUT2D eigenvalue weighted by Crippen LogP contribution is -2.38. The number of halogens is 1. The average Bonchev–Trinajstić information content (AvgIpc) is 3.30. The fourth-order valence-electron chi connectivity index (χ4n) is 6.45. The van der Waals surface area contributed by atoms with E-state index < -0.39 is 0 Å². The smallest absolute Gasteiger partial charge is 0.310 e. The summed E-state index contributed by atoms with van der Waals surface area (Å²) in [5.74, 6) is 0.848. The molecule has 3 atom stereocenters. The molecule has 0 N–H and O–H groups in total. The summed E-state index contributed by atoms with van der Waals surface area (Å²) >= 11 is 6.02. The lowest BCUT2D eigenvalue weighted by Gasteiger charge is -2.38. The number of benzene rings is 2. The molecule has 6 heteroatoms. The van der Waals surface area contributed by atoms with Crippen LogP contribution in [0.5, 0.6) is 5.75 Å². The van der Waals surface area contributed by atoms with Crippen molar-refractivity contribution in [1.82, 2.24) is 4.57 Å². The highest BCUT2D eigenvalue weighted by Gasteiger charge is 2.62. The van der Waals surface area contributed by atoms with Crippen molar-refractivity contribution < 1.29 is 19.1 Å². The zero-order valence-electron chi connectivity index (χ0n) is 21.0. The van der Waals surface area contributed by atoms with E-state index in [1.807, 2.05) is 25.1 Å². The molecule has 35 heavy (non-hydrogen) atoms. The summed E-state index contributed by atoms with van der Waals surface area (Å²) in [6.45, 7) is 8.77. The quantitative estimate of drug-likeness (QED) is 0.376. The molecule has 3 unspecified atom stereocenters. The molecule has 184 valence electrons. The lowest BCUT2D eigenvalue weighted by atomic mass is 9.70. The van der Waals surface area contributed by atoms with Crippen molar-refractivity contribution in [2.45, 2.75) is 59.5 Å². The second-order valence-corrected chi connectivity index (χ2v) is 11.3. The zero-order valence-corrected chi connectivity index (χ0v) is 21.7. The van der Waals surface area contributed by atoms with Gasteiger partial charge in [0.05, 0.1) is 19.0 Å². The predicted molar refractivity (Wildman–Crippen MR) is 137 cm³/mol. The van der Waals surface area contributed by atoms with Gasteiger partial charge in [0.25, 0.3) is 5.91 Å². The first-order valence-corrected chi connectivity index (χ1v) is 12.6. The van der Waals surface area contributed by atoms with Crippen LogP contribution in [0.3, 0.4) is 0 Å². The maximum Gasteiger partial charge on any atom is 0.310 e. The van der Waals surface area contributed by atoms with Crippen molar-refractivity contribution in [3.8, 4) is 5.75 Å². The Bertz CT molecular complexity index is 1320. The normalized spacial score (nSPS) is 24.6. The van der Waals surface area contributed by atoms with Crippen LogP contribution in [-0.2, 0) is 16.0 Å². The van der Waals surface area contributed by atoms with E-state index in [-0.39, 0.29) is 35.2 Å². The van der Waals surface area contributed by atoms with Gasteiger partial charge in [0.1, 0.15) is 11.9 Å². The summed E-state index contributed by atoms with van der Waals surface area (Å²) in [7, 11) is 1.61. The first-order valence-electron chi connectivity index (χ1n) is 12.2. The molecule has 2 aliphatic rings. The Labute approximate surface area is 211 Å². The van der Waals surface area contributed by atoms with Gasteiger partial charge >= 0.3 is 5.97 Å². The molecule has 0 radical (unpaired) electrons. The summed E-state index contributed by atoms with van der Waals surface area (Å²) in [5, 5.41) is 1.39. The third kappa shape index (κ3) is 3.67. The minimum Gasteiger partial charge on any atom is -0.497 e. The molecular formula is C29H32ClNO4. The second-order valence-electron chi connectivity index (χ2n) is 10.9. The number of rotatable bonds is 5. The van der Waals surface area contributed by atoms with Crippen molar-refractivity contribution in [3.63, 3.8) is 0 Å². The summed E-state index contributed by atoms with van der Waals surface area (Å²) in [6.07, 6.45) is 3.26. The Kier molecular flexibility index (Phi) is 5.75. The van der Waals surface area contributed by atoms with E-state index in [1.165, 1.54) is 6.42 Å². The van der Waals surface area contributed by atoms with E-state index in [0.717, 1.165) is 35.0 Å². The Morgan fingerprint density at radius 3 is 2.43 bits per heavy atom. The Morgan fingerprint density at radius 1 is 1.11 bits per heavy atom. The molecule has 5 rings (SSSR count). The number of carbonyl (C=O) groups excluding carboxylic acids is 2. The van der Waals surface area contributed by atoms with Crippen molar-refractivity contribution in [3.05, 3.63) is 64.3 Å². The Morgan fingerprint density at radius 2 is 1.83 bits per heavy atom. The third-order valence-corrected chi connectivity index (χ3v) is 9.40. The molecule has 2 bridgehead atoms.